The minimum Gasteiger partial charge on any atom is -0.377 e. The quantitative estimate of drug-likeness (QED) is 0.871. The molecule has 0 amide bonds. The summed E-state index contributed by atoms with van der Waals surface area (Å²) in [6.07, 6.45) is 4.05. The van der Waals surface area contributed by atoms with Crippen LogP contribution >= 0.6 is 0 Å². The van der Waals surface area contributed by atoms with E-state index >= 15 is 0 Å². The molecule has 3 heteroatoms. The van der Waals surface area contributed by atoms with Gasteiger partial charge in [0, 0.05) is 25.2 Å². The fourth-order valence-electron chi connectivity index (χ4n) is 3.93. The molecule has 3 rings (SSSR count). The summed E-state index contributed by atoms with van der Waals surface area (Å²) in [5.74, 6) is 0. The summed E-state index contributed by atoms with van der Waals surface area (Å²) in [4.78, 5) is 2.63. The highest BCUT2D eigenvalue weighted by molar-refractivity contribution is 5.37. The van der Waals surface area contributed by atoms with E-state index < -0.39 is 0 Å². The van der Waals surface area contributed by atoms with Gasteiger partial charge in [0.05, 0.1) is 6.10 Å². The van der Waals surface area contributed by atoms with Gasteiger partial charge in [-0.05, 0) is 43.5 Å². The Bertz CT molecular complexity index is 456. The number of fused-ring (bicyclic) bond motifs is 1. The van der Waals surface area contributed by atoms with Crippen molar-refractivity contribution in [3.63, 3.8) is 0 Å². The van der Waals surface area contributed by atoms with Gasteiger partial charge in [0.15, 0.2) is 0 Å². The molecule has 1 aliphatic heterocycles. The van der Waals surface area contributed by atoms with Gasteiger partial charge in [0.2, 0.25) is 0 Å². The summed E-state index contributed by atoms with van der Waals surface area (Å²) in [5, 5.41) is 3.71. The second kappa shape index (κ2) is 6.91. The lowest BCUT2D eigenvalue weighted by atomic mass is 10.1. The van der Waals surface area contributed by atoms with Crippen LogP contribution < -0.4 is 5.32 Å². The summed E-state index contributed by atoms with van der Waals surface area (Å²) in [7, 11) is 0. The Morgan fingerprint density at radius 2 is 2.14 bits per heavy atom. The van der Waals surface area contributed by atoms with E-state index in [9.17, 15) is 0 Å². The number of benzene rings is 1. The van der Waals surface area contributed by atoms with Crippen LogP contribution in [0.3, 0.4) is 0 Å². The Morgan fingerprint density at radius 3 is 2.86 bits per heavy atom. The van der Waals surface area contributed by atoms with E-state index in [2.05, 4.69) is 48.3 Å². The lowest BCUT2D eigenvalue weighted by Gasteiger charge is -2.34. The molecule has 0 spiro atoms. The third kappa shape index (κ3) is 3.15. The highest BCUT2D eigenvalue weighted by atomic mass is 16.5. The minimum atomic E-state index is 0.441. The Balaban J connectivity index is 1.76. The maximum atomic E-state index is 5.86. The van der Waals surface area contributed by atoms with Gasteiger partial charge < -0.3 is 10.1 Å². The summed E-state index contributed by atoms with van der Waals surface area (Å²) in [5.41, 5.74) is 3.01. The van der Waals surface area contributed by atoms with E-state index in [1.54, 1.807) is 0 Å². The van der Waals surface area contributed by atoms with Gasteiger partial charge in [0.1, 0.15) is 0 Å². The van der Waals surface area contributed by atoms with Crippen molar-refractivity contribution in [3.05, 3.63) is 35.4 Å². The van der Waals surface area contributed by atoms with Gasteiger partial charge in [-0.2, -0.15) is 0 Å². The molecule has 1 N–H and O–H groups in total. The van der Waals surface area contributed by atoms with Crippen molar-refractivity contribution in [3.8, 4) is 0 Å². The molecule has 2 aliphatic rings. The van der Waals surface area contributed by atoms with Crippen molar-refractivity contribution < 1.29 is 4.74 Å². The molecule has 3 unspecified atom stereocenters. The van der Waals surface area contributed by atoms with Crippen molar-refractivity contribution in [1.29, 1.82) is 0 Å². The molecule has 1 fully saturated rings. The van der Waals surface area contributed by atoms with E-state index in [1.165, 1.54) is 24.0 Å². The van der Waals surface area contributed by atoms with E-state index in [0.717, 1.165) is 32.7 Å². The predicted molar refractivity (Wildman–Crippen MR) is 86.6 cm³/mol. The molecule has 0 aromatic heterocycles. The summed E-state index contributed by atoms with van der Waals surface area (Å²) in [6.45, 7) is 8.63. The first-order chi connectivity index (χ1) is 10.3. The van der Waals surface area contributed by atoms with E-state index in [4.69, 9.17) is 4.74 Å². The number of nitrogens with zero attached hydrogens (tertiary/aromatic N) is 1. The fraction of sp³-hybridized carbons (Fsp3) is 0.667. The fourth-order valence-corrected chi connectivity index (χ4v) is 3.93. The first kappa shape index (κ1) is 15.0. The SMILES string of the molecule is CCNC1c2ccccc2CC1N(CC)CC1CCCO1. The number of ether oxygens (including phenoxy) is 1. The van der Waals surface area contributed by atoms with Gasteiger partial charge in [0.25, 0.3) is 0 Å². The minimum absolute atomic E-state index is 0.441. The number of rotatable bonds is 6. The molecule has 1 aromatic rings. The van der Waals surface area contributed by atoms with Gasteiger partial charge in [-0.15, -0.1) is 0 Å². The molecule has 1 aromatic carbocycles. The van der Waals surface area contributed by atoms with Gasteiger partial charge in [-0.1, -0.05) is 38.1 Å². The van der Waals surface area contributed by atoms with Crippen molar-refractivity contribution >= 4 is 0 Å². The third-order valence-electron chi connectivity index (χ3n) is 4.97. The molecule has 3 atom stereocenters. The lowest BCUT2D eigenvalue weighted by Crippen LogP contribution is -2.46. The molecule has 3 nitrogen and oxygen atoms in total. The van der Waals surface area contributed by atoms with Gasteiger partial charge in [-0.25, -0.2) is 0 Å². The maximum Gasteiger partial charge on any atom is 0.0702 e. The van der Waals surface area contributed by atoms with Crippen LogP contribution in [0.2, 0.25) is 0 Å². The largest absolute Gasteiger partial charge is 0.377 e. The van der Waals surface area contributed by atoms with E-state index in [-0.39, 0.29) is 0 Å². The highest BCUT2D eigenvalue weighted by Gasteiger charge is 2.36. The van der Waals surface area contributed by atoms with Crippen LogP contribution in [0.25, 0.3) is 0 Å². The Kier molecular flexibility index (Phi) is 4.94. The number of hydrogen-bond acceptors (Lipinski definition) is 3. The standard InChI is InChI=1S/C18H28N2O/c1-3-19-18-16-10-6-5-8-14(16)12-17(18)20(4-2)13-15-9-7-11-21-15/h5-6,8,10,15,17-19H,3-4,7,9,11-13H2,1-2H3. The Morgan fingerprint density at radius 1 is 1.29 bits per heavy atom. The molecule has 0 bridgehead atoms. The molecule has 116 valence electrons. The lowest BCUT2D eigenvalue weighted by molar-refractivity contribution is 0.0534. The number of nitrogens with one attached hydrogen (secondary N) is 1. The molecule has 1 heterocycles. The van der Waals surface area contributed by atoms with Crippen LogP contribution in [0.1, 0.15) is 43.9 Å². The van der Waals surface area contributed by atoms with Crippen LogP contribution in [0.4, 0.5) is 0 Å². The van der Waals surface area contributed by atoms with Gasteiger partial charge in [-0.3, -0.25) is 4.90 Å². The van der Waals surface area contributed by atoms with Crippen LogP contribution in [-0.2, 0) is 11.2 Å². The van der Waals surface area contributed by atoms with Crippen molar-refractivity contribution in [1.82, 2.24) is 10.2 Å². The molecular weight excluding hydrogens is 260 g/mol. The molecule has 21 heavy (non-hydrogen) atoms. The molecule has 1 aliphatic carbocycles. The maximum absolute atomic E-state index is 5.86. The van der Waals surface area contributed by atoms with E-state index in [0.29, 0.717) is 18.2 Å². The third-order valence-corrected chi connectivity index (χ3v) is 4.97. The first-order valence-electron chi connectivity index (χ1n) is 8.50. The summed E-state index contributed by atoms with van der Waals surface area (Å²) >= 11 is 0. The monoisotopic (exact) mass is 288 g/mol. The van der Waals surface area contributed by atoms with Crippen molar-refractivity contribution in [2.24, 2.45) is 0 Å². The smallest absolute Gasteiger partial charge is 0.0702 e. The molecule has 0 saturated carbocycles. The average Bonchev–Trinajstić information content (AvgIpc) is 3.13. The van der Waals surface area contributed by atoms with Crippen LogP contribution in [-0.4, -0.2) is 43.3 Å². The molecule has 1 saturated heterocycles. The number of hydrogen-bond donors (Lipinski definition) is 1. The average molecular weight is 288 g/mol. The zero-order valence-corrected chi connectivity index (χ0v) is 13.3. The first-order valence-corrected chi connectivity index (χ1v) is 8.50. The Labute approximate surface area is 128 Å². The van der Waals surface area contributed by atoms with Crippen LogP contribution in [0, 0.1) is 0 Å². The van der Waals surface area contributed by atoms with Crippen LogP contribution in [0.5, 0.6) is 0 Å². The summed E-state index contributed by atoms with van der Waals surface area (Å²) < 4.78 is 5.86. The second-order valence-corrected chi connectivity index (χ2v) is 6.23. The molecular formula is C18H28N2O. The van der Waals surface area contributed by atoms with Crippen molar-refractivity contribution in [2.75, 3.05) is 26.2 Å². The normalized spacial score (nSPS) is 28.2. The highest BCUT2D eigenvalue weighted by Crippen LogP contribution is 2.34. The second-order valence-electron chi connectivity index (χ2n) is 6.23. The van der Waals surface area contributed by atoms with Crippen molar-refractivity contribution in [2.45, 2.75) is 51.3 Å². The topological polar surface area (TPSA) is 24.5 Å². The van der Waals surface area contributed by atoms with E-state index in [1.807, 2.05) is 0 Å². The Hall–Kier alpha value is -0.900. The predicted octanol–water partition coefficient (Wildman–Crippen LogP) is 2.76. The zero-order valence-electron chi connectivity index (χ0n) is 13.3. The zero-order chi connectivity index (χ0) is 14.7. The van der Waals surface area contributed by atoms with Gasteiger partial charge >= 0.3 is 0 Å². The number of likely N-dealkylation sites (N-methyl/N-ethyl adjacent to an activating group) is 2. The summed E-state index contributed by atoms with van der Waals surface area (Å²) in [6, 6.07) is 9.95. The molecule has 0 radical (unpaired) electrons. The van der Waals surface area contributed by atoms with Crippen LogP contribution in [0.15, 0.2) is 24.3 Å².